The number of H-pyrrole nitrogens is 1. The molecule has 0 aliphatic carbocycles. The van der Waals surface area contributed by atoms with Gasteiger partial charge >= 0.3 is 0 Å². The second kappa shape index (κ2) is 9.20. The van der Waals surface area contributed by atoms with Crippen LogP contribution in [-0.2, 0) is 7.05 Å². The molecule has 4 aromatic rings. The van der Waals surface area contributed by atoms with Crippen LogP contribution in [0.5, 0.6) is 0 Å². The smallest absolute Gasteiger partial charge is 0.261 e. The second-order valence-corrected chi connectivity index (χ2v) is 9.27. The van der Waals surface area contributed by atoms with Gasteiger partial charge in [0, 0.05) is 44.4 Å². The molecule has 1 fully saturated rings. The van der Waals surface area contributed by atoms with Crippen molar-refractivity contribution in [3.05, 3.63) is 74.6 Å². The van der Waals surface area contributed by atoms with Crippen molar-refractivity contribution in [3.63, 3.8) is 0 Å². The number of rotatable bonds is 4. The fourth-order valence-corrected chi connectivity index (χ4v) is 4.51. The van der Waals surface area contributed by atoms with Crippen molar-refractivity contribution in [3.8, 4) is 11.4 Å². The van der Waals surface area contributed by atoms with E-state index in [0.29, 0.717) is 59.1 Å². The van der Waals surface area contributed by atoms with Gasteiger partial charge in [0.25, 0.3) is 11.5 Å². The van der Waals surface area contributed by atoms with E-state index in [1.165, 1.54) is 10.1 Å². The lowest BCUT2D eigenvalue weighted by molar-refractivity contribution is 0.0552. The third-order valence-corrected chi connectivity index (χ3v) is 6.98. The number of aromatic amines is 1. The molecule has 2 aromatic carbocycles. The molecule has 3 heterocycles. The Morgan fingerprint density at radius 3 is 2.54 bits per heavy atom. The Bertz CT molecular complexity index is 1510. The maximum Gasteiger partial charge on any atom is 0.261 e. The van der Waals surface area contributed by atoms with Gasteiger partial charge in [0.2, 0.25) is 11.7 Å². The molecule has 5 rings (SSSR count). The molecule has 1 unspecified atom stereocenters. The molecule has 1 atom stereocenters. The molecule has 2 aromatic heterocycles. The first-order valence-corrected chi connectivity index (χ1v) is 11.9. The summed E-state index contributed by atoms with van der Waals surface area (Å²) in [5, 5.41) is 4.65. The standard InChI is InChI=1S/C25H26N6O3S/c1-15-4-6-17(7-5-15)21-27-22(34-28-21)16(2)30-10-12-31(13-11-30)23(32)18-8-9-19-20(14-18)26-25(35)29(3)24(19)33/h4-9,14,16H,10-13H2,1-3H3,(H,26,35). The van der Waals surface area contributed by atoms with E-state index < -0.39 is 0 Å². The minimum Gasteiger partial charge on any atom is -0.337 e. The van der Waals surface area contributed by atoms with Crippen LogP contribution in [0.25, 0.3) is 22.3 Å². The number of aryl methyl sites for hydroxylation is 1. The molecule has 0 spiro atoms. The van der Waals surface area contributed by atoms with Crippen LogP contribution in [0, 0.1) is 11.7 Å². The van der Waals surface area contributed by atoms with E-state index in [4.69, 9.17) is 16.7 Å². The van der Waals surface area contributed by atoms with Crippen LogP contribution >= 0.6 is 12.2 Å². The van der Waals surface area contributed by atoms with E-state index in [2.05, 4.69) is 20.0 Å². The summed E-state index contributed by atoms with van der Waals surface area (Å²) in [5.74, 6) is 1.07. The van der Waals surface area contributed by atoms with Crippen molar-refractivity contribution in [1.82, 2.24) is 29.5 Å². The third kappa shape index (κ3) is 4.42. The monoisotopic (exact) mass is 490 g/mol. The van der Waals surface area contributed by atoms with E-state index in [-0.39, 0.29) is 17.5 Å². The van der Waals surface area contributed by atoms with Gasteiger partial charge in [-0.2, -0.15) is 4.98 Å². The molecule has 10 heteroatoms. The van der Waals surface area contributed by atoms with Crippen molar-refractivity contribution in [2.45, 2.75) is 19.9 Å². The first-order valence-electron chi connectivity index (χ1n) is 11.5. The Kier molecular flexibility index (Phi) is 6.08. The molecule has 1 aliphatic rings. The second-order valence-electron chi connectivity index (χ2n) is 8.88. The van der Waals surface area contributed by atoms with Crippen LogP contribution in [0.3, 0.4) is 0 Å². The predicted octanol–water partition coefficient (Wildman–Crippen LogP) is 3.47. The van der Waals surface area contributed by atoms with Crippen LogP contribution in [0.2, 0.25) is 0 Å². The number of benzene rings is 2. The van der Waals surface area contributed by atoms with Gasteiger partial charge in [0.15, 0.2) is 4.77 Å². The zero-order valence-electron chi connectivity index (χ0n) is 19.8. The van der Waals surface area contributed by atoms with E-state index in [9.17, 15) is 9.59 Å². The number of carbonyl (C=O) groups excluding carboxylic acids is 1. The number of fused-ring (bicyclic) bond motifs is 1. The Balaban J connectivity index is 1.26. The Hall–Kier alpha value is -3.63. The summed E-state index contributed by atoms with van der Waals surface area (Å²) in [6.45, 7) is 6.60. The zero-order chi connectivity index (χ0) is 24.7. The van der Waals surface area contributed by atoms with Crippen molar-refractivity contribution in [1.29, 1.82) is 0 Å². The van der Waals surface area contributed by atoms with Crippen LogP contribution in [0.15, 0.2) is 51.8 Å². The molecule has 9 nitrogen and oxygen atoms in total. The van der Waals surface area contributed by atoms with Gasteiger partial charge in [-0.3, -0.25) is 19.1 Å². The largest absolute Gasteiger partial charge is 0.337 e. The number of piperazine rings is 1. The molecular weight excluding hydrogens is 464 g/mol. The minimum atomic E-state index is -0.183. The first kappa shape index (κ1) is 23.1. The number of nitrogens with one attached hydrogen (secondary N) is 1. The summed E-state index contributed by atoms with van der Waals surface area (Å²) in [7, 11) is 1.62. The maximum atomic E-state index is 13.2. The number of aromatic nitrogens is 4. The molecule has 0 radical (unpaired) electrons. The van der Waals surface area contributed by atoms with Gasteiger partial charge in [-0.25, -0.2) is 0 Å². The molecule has 1 amide bonds. The summed E-state index contributed by atoms with van der Waals surface area (Å²) < 4.78 is 7.26. The highest BCUT2D eigenvalue weighted by Crippen LogP contribution is 2.24. The molecule has 180 valence electrons. The number of nitrogens with zero attached hydrogens (tertiary/aromatic N) is 5. The highest BCUT2D eigenvalue weighted by Gasteiger charge is 2.28. The van der Waals surface area contributed by atoms with Gasteiger partial charge in [-0.15, -0.1) is 0 Å². The SMILES string of the molecule is Cc1ccc(-c2noc(C(C)N3CCN(C(=O)c4ccc5c(=O)n(C)c(=S)[nH]c5c4)CC3)n2)cc1. The average molecular weight is 491 g/mol. The van der Waals surface area contributed by atoms with Gasteiger partial charge in [0.1, 0.15) is 0 Å². The summed E-state index contributed by atoms with van der Waals surface area (Å²) in [6.07, 6.45) is 0. The number of hydrogen-bond donors (Lipinski definition) is 1. The fraction of sp³-hybridized carbons (Fsp3) is 0.320. The van der Waals surface area contributed by atoms with Gasteiger partial charge in [-0.05, 0) is 44.3 Å². The van der Waals surface area contributed by atoms with Crippen molar-refractivity contribution in [2.75, 3.05) is 26.2 Å². The van der Waals surface area contributed by atoms with E-state index in [0.717, 1.165) is 5.56 Å². The minimum absolute atomic E-state index is 0.0593. The van der Waals surface area contributed by atoms with E-state index in [1.807, 2.05) is 43.0 Å². The van der Waals surface area contributed by atoms with E-state index >= 15 is 0 Å². The van der Waals surface area contributed by atoms with Crippen molar-refractivity contribution >= 4 is 29.0 Å². The lowest BCUT2D eigenvalue weighted by Gasteiger charge is -2.36. The number of carbonyl (C=O) groups is 1. The highest BCUT2D eigenvalue weighted by molar-refractivity contribution is 7.71. The zero-order valence-corrected chi connectivity index (χ0v) is 20.6. The molecule has 0 bridgehead atoms. The van der Waals surface area contributed by atoms with Crippen molar-refractivity contribution in [2.24, 2.45) is 7.05 Å². The third-order valence-electron chi connectivity index (χ3n) is 6.61. The maximum absolute atomic E-state index is 13.2. The number of hydrogen-bond acceptors (Lipinski definition) is 7. The fourth-order valence-electron chi connectivity index (χ4n) is 4.32. The molecular formula is C25H26N6O3S. The molecule has 0 saturated carbocycles. The van der Waals surface area contributed by atoms with Crippen LogP contribution in [-0.4, -0.2) is 61.6 Å². The molecule has 1 saturated heterocycles. The Morgan fingerprint density at radius 2 is 1.83 bits per heavy atom. The summed E-state index contributed by atoms with van der Waals surface area (Å²) in [5.41, 5.74) is 3.00. The van der Waals surface area contributed by atoms with E-state index in [1.54, 1.807) is 25.2 Å². The van der Waals surface area contributed by atoms with Crippen LogP contribution in [0.4, 0.5) is 0 Å². The summed E-state index contributed by atoms with van der Waals surface area (Å²) >= 11 is 5.20. The van der Waals surface area contributed by atoms with Crippen LogP contribution in [0.1, 0.15) is 34.8 Å². The topological polar surface area (TPSA) is 100 Å². The Morgan fingerprint density at radius 1 is 1.11 bits per heavy atom. The summed E-state index contributed by atoms with van der Waals surface area (Å²) in [6, 6.07) is 13.0. The molecule has 1 N–H and O–H groups in total. The molecule has 1 aliphatic heterocycles. The Labute approximate surface area is 207 Å². The summed E-state index contributed by atoms with van der Waals surface area (Å²) in [4.78, 5) is 37.2. The average Bonchev–Trinajstić information content (AvgIpc) is 3.37. The normalized spacial score (nSPS) is 15.5. The lowest BCUT2D eigenvalue weighted by atomic mass is 10.1. The van der Waals surface area contributed by atoms with Crippen LogP contribution < -0.4 is 5.56 Å². The van der Waals surface area contributed by atoms with Gasteiger partial charge in [-0.1, -0.05) is 35.0 Å². The highest BCUT2D eigenvalue weighted by atomic mass is 32.1. The quantitative estimate of drug-likeness (QED) is 0.437. The predicted molar refractivity (Wildman–Crippen MR) is 135 cm³/mol. The van der Waals surface area contributed by atoms with Crippen molar-refractivity contribution < 1.29 is 9.32 Å². The first-order chi connectivity index (χ1) is 16.8. The van der Waals surface area contributed by atoms with Gasteiger partial charge < -0.3 is 14.4 Å². The lowest BCUT2D eigenvalue weighted by Crippen LogP contribution is -2.49. The van der Waals surface area contributed by atoms with Gasteiger partial charge in [0.05, 0.1) is 16.9 Å². The molecule has 35 heavy (non-hydrogen) atoms. The number of amides is 1.